The molecule has 0 saturated carbocycles. The summed E-state index contributed by atoms with van der Waals surface area (Å²) in [5.74, 6) is 0.612. The summed E-state index contributed by atoms with van der Waals surface area (Å²) < 4.78 is 2.10. The largest absolute Gasteiger partial charge is 0.312 e. The molecule has 0 aromatic carbocycles. The van der Waals surface area contributed by atoms with Crippen molar-refractivity contribution < 1.29 is 0 Å². The van der Waals surface area contributed by atoms with Gasteiger partial charge in [-0.05, 0) is 57.9 Å². The fourth-order valence-corrected chi connectivity index (χ4v) is 2.26. The molecule has 0 fully saturated rings. The first-order valence-corrected chi connectivity index (χ1v) is 8.36. The van der Waals surface area contributed by atoms with Crippen LogP contribution in [-0.2, 0) is 6.42 Å². The van der Waals surface area contributed by atoms with Crippen molar-refractivity contribution in [2.75, 3.05) is 6.54 Å². The van der Waals surface area contributed by atoms with Crippen molar-refractivity contribution in [1.29, 1.82) is 0 Å². The van der Waals surface area contributed by atoms with Crippen LogP contribution in [0, 0.1) is 11.3 Å². The van der Waals surface area contributed by atoms with Gasteiger partial charge in [-0.15, -0.1) is 0 Å². The summed E-state index contributed by atoms with van der Waals surface area (Å²) >= 11 is 0. The highest BCUT2D eigenvalue weighted by Crippen LogP contribution is 2.31. The highest BCUT2D eigenvalue weighted by molar-refractivity contribution is 5.04. The zero-order valence-electron chi connectivity index (χ0n) is 15.3. The van der Waals surface area contributed by atoms with Crippen LogP contribution in [0.25, 0.3) is 0 Å². The van der Waals surface area contributed by atoms with Gasteiger partial charge in [0.05, 0.1) is 5.69 Å². The lowest BCUT2D eigenvalue weighted by Gasteiger charge is -2.36. The van der Waals surface area contributed by atoms with Crippen LogP contribution < -0.4 is 5.32 Å². The second-order valence-electron chi connectivity index (χ2n) is 8.13. The van der Waals surface area contributed by atoms with E-state index < -0.39 is 0 Å². The van der Waals surface area contributed by atoms with Gasteiger partial charge in [0.2, 0.25) is 0 Å². The molecule has 0 amide bonds. The van der Waals surface area contributed by atoms with Crippen LogP contribution >= 0.6 is 0 Å². The van der Waals surface area contributed by atoms with Gasteiger partial charge in [0.25, 0.3) is 0 Å². The molecule has 3 nitrogen and oxygen atoms in total. The molecule has 1 N–H and O–H groups in total. The Bertz CT molecular complexity index is 428. The molecule has 2 atom stereocenters. The first kappa shape index (κ1) is 18.2. The Kier molecular flexibility index (Phi) is 6.03. The van der Waals surface area contributed by atoms with Crippen molar-refractivity contribution >= 4 is 0 Å². The second-order valence-corrected chi connectivity index (χ2v) is 8.13. The summed E-state index contributed by atoms with van der Waals surface area (Å²) in [6.45, 7) is 19.1. The number of nitrogens with one attached hydrogen (secondary N) is 1. The fourth-order valence-electron chi connectivity index (χ4n) is 2.26. The van der Waals surface area contributed by atoms with Crippen molar-refractivity contribution in [1.82, 2.24) is 15.1 Å². The molecule has 0 aliphatic carbocycles. The maximum absolute atomic E-state index is 4.78. The van der Waals surface area contributed by atoms with E-state index in [9.17, 15) is 0 Å². The van der Waals surface area contributed by atoms with Crippen LogP contribution in [0.5, 0.6) is 0 Å². The van der Waals surface area contributed by atoms with Gasteiger partial charge in [-0.1, -0.05) is 27.7 Å². The molecule has 0 saturated heterocycles. The number of hydrogen-bond acceptors (Lipinski definition) is 2. The molecule has 1 rings (SSSR count). The minimum Gasteiger partial charge on any atom is -0.312 e. The molecule has 0 bridgehead atoms. The Morgan fingerprint density at radius 1 is 1.19 bits per heavy atom. The summed E-state index contributed by atoms with van der Waals surface area (Å²) in [6.07, 6.45) is 4.27. The first-order chi connectivity index (χ1) is 9.57. The molecule has 122 valence electrons. The first-order valence-electron chi connectivity index (χ1n) is 8.36. The highest BCUT2D eigenvalue weighted by atomic mass is 15.3. The third-order valence-electron chi connectivity index (χ3n) is 4.71. The van der Waals surface area contributed by atoms with Gasteiger partial charge in [0.1, 0.15) is 0 Å². The summed E-state index contributed by atoms with van der Waals surface area (Å²) in [7, 11) is 0. The number of aromatic nitrogens is 2. The van der Waals surface area contributed by atoms with E-state index >= 15 is 0 Å². The number of rotatable bonds is 7. The third-order valence-corrected chi connectivity index (χ3v) is 4.71. The molecular weight excluding hydrogens is 258 g/mol. The smallest absolute Gasteiger partial charge is 0.0630 e. The number of nitrogens with zero attached hydrogens (tertiary/aromatic N) is 2. The summed E-state index contributed by atoms with van der Waals surface area (Å²) in [5.41, 5.74) is 1.59. The summed E-state index contributed by atoms with van der Waals surface area (Å²) in [4.78, 5) is 0. The zero-order valence-corrected chi connectivity index (χ0v) is 15.3. The molecule has 0 spiro atoms. The summed E-state index contributed by atoms with van der Waals surface area (Å²) in [5, 5.41) is 8.45. The molecular formula is C18H35N3. The maximum atomic E-state index is 4.78. The fraction of sp³-hybridized carbons (Fsp3) is 0.833. The minimum absolute atomic E-state index is 0.159. The van der Waals surface area contributed by atoms with E-state index in [1.165, 1.54) is 5.69 Å². The van der Waals surface area contributed by atoms with E-state index in [2.05, 4.69) is 77.7 Å². The van der Waals surface area contributed by atoms with E-state index in [1.807, 2.05) is 0 Å². The van der Waals surface area contributed by atoms with Gasteiger partial charge in [0.15, 0.2) is 0 Å². The Hall–Kier alpha value is -0.830. The van der Waals surface area contributed by atoms with Crippen LogP contribution in [0.2, 0.25) is 0 Å². The molecule has 1 aromatic rings. The zero-order chi connectivity index (χ0) is 16.3. The molecule has 1 heterocycles. The average molecular weight is 293 g/mol. The van der Waals surface area contributed by atoms with Crippen LogP contribution in [0.3, 0.4) is 0 Å². The van der Waals surface area contributed by atoms with Crippen LogP contribution in [0.15, 0.2) is 12.3 Å². The summed E-state index contributed by atoms with van der Waals surface area (Å²) in [6, 6.07) is 2.67. The van der Waals surface area contributed by atoms with E-state index in [0.29, 0.717) is 12.0 Å². The topological polar surface area (TPSA) is 29.9 Å². The van der Waals surface area contributed by atoms with Crippen molar-refractivity contribution in [2.24, 2.45) is 11.3 Å². The van der Waals surface area contributed by atoms with Crippen molar-refractivity contribution in [3.8, 4) is 0 Å². The molecule has 0 aliphatic rings. The quantitative estimate of drug-likeness (QED) is 0.805. The SMILES string of the molecule is CCC(C)n1ccc(CC(C)(CNC(C)(C)C)C(C)C)n1. The van der Waals surface area contributed by atoms with Crippen molar-refractivity contribution in [3.05, 3.63) is 18.0 Å². The van der Waals surface area contributed by atoms with Gasteiger partial charge in [-0.2, -0.15) is 5.10 Å². The number of hydrogen-bond donors (Lipinski definition) is 1. The van der Waals surface area contributed by atoms with Gasteiger partial charge in [0, 0.05) is 24.3 Å². The van der Waals surface area contributed by atoms with E-state index in [0.717, 1.165) is 19.4 Å². The Labute approximate surface area is 131 Å². The van der Waals surface area contributed by atoms with Gasteiger partial charge in [-0.3, -0.25) is 4.68 Å². The van der Waals surface area contributed by atoms with Gasteiger partial charge >= 0.3 is 0 Å². The lowest BCUT2D eigenvalue weighted by Crippen LogP contribution is -2.45. The van der Waals surface area contributed by atoms with Gasteiger partial charge in [-0.25, -0.2) is 0 Å². The van der Waals surface area contributed by atoms with Crippen LogP contribution in [0.1, 0.15) is 73.5 Å². The highest BCUT2D eigenvalue weighted by Gasteiger charge is 2.30. The lowest BCUT2D eigenvalue weighted by molar-refractivity contribution is 0.185. The van der Waals surface area contributed by atoms with E-state index in [-0.39, 0.29) is 11.0 Å². The minimum atomic E-state index is 0.159. The Balaban J connectivity index is 2.80. The normalized spacial score (nSPS) is 17.0. The predicted octanol–water partition coefficient (Wildman–Crippen LogP) is 4.45. The van der Waals surface area contributed by atoms with Crippen LogP contribution in [-0.4, -0.2) is 21.9 Å². The molecule has 2 unspecified atom stereocenters. The Morgan fingerprint density at radius 3 is 2.29 bits per heavy atom. The maximum Gasteiger partial charge on any atom is 0.0630 e. The predicted molar refractivity (Wildman–Crippen MR) is 91.6 cm³/mol. The second kappa shape index (κ2) is 6.95. The molecule has 0 aliphatic heterocycles. The standard InChI is InChI=1S/C18H35N3/c1-9-15(4)21-11-10-16(20-21)12-18(8,14(2)3)13-19-17(5,6)7/h10-11,14-15,19H,9,12-13H2,1-8H3. The molecule has 1 aromatic heterocycles. The van der Waals surface area contributed by atoms with E-state index in [1.54, 1.807) is 0 Å². The van der Waals surface area contributed by atoms with Gasteiger partial charge < -0.3 is 5.32 Å². The Morgan fingerprint density at radius 2 is 1.81 bits per heavy atom. The molecule has 0 radical (unpaired) electrons. The van der Waals surface area contributed by atoms with Crippen LogP contribution in [0.4, 0.5) is 0 Å². The lowest BCUT2D eigenvalue weighted by atomic mass is 9.75. The third kappa shape index (κ3) is 5.46. The van der Waals surface area contributed by atoms with Crippen molar-refractivity contribution in [2.45, 2.75) is 79.8 Å². The molecule has 21 heavy (non-hydrogen) atoms. The van der Waals surface area contributed by atoms with Crippen molar-refractivity contribution in [3.63, 3.8) is 0 Å². The average Bonchev–Trinajstić information content (AvgIpc) is 2.83. The molecule has 3 heteroatoms. The van der Waals surface area contributed by atoms with E-state index in [4.69, 9.17) is 5.10 Å². The monoisotopic (exact) mass is 293 g/mol.